The Kier molecular flexibility index (Phi) is 7.12. The second-order valence-corrected chi connectivity index (χ2v) is 6.78. The molecule has 2 rings (SSSR count). The maximum Gasteiger partial charge on any atom is 0.262 e. The quantitative estimate of drug-likeness (QED) is 0.316. The van der Waals surface area contributed by atoms with E-state index in [9.17, 15) is 25.4 Å². The second kappa shape index (κ2) is 9.14. The number of nitriles is 1. The minimum absolute atomic E-state index is 0.198. The van der Waals surface area contributed by atoms with Crippen LogP contribution < -0.4 is 10.2 Å². The molecule has 5 N–H and O–H groups in total. The number of benzene rings is 1. The fraction of sp³-hybridized carbons (Fsp3) is 0.474. The van der Waals surface area contributed by atoms with E-state index in [2.05, 4.69) is 5.32 Å². The zero-order valence-electron chi connectivity index (χ0n) is 15.9. The number of rotatable bonds is 5. The third kappa shape index (κ3) is 4.49. The molecule has 1 aromatic rings. The van der Waals surface area contributed by atoms with E-state index in [4.69, 9.17) is 9.84 Å². The van der Waals surface area contributed by atoms with Gasteiger partial charge < -0.3 is 35.4 Å². The summed E-state index contributed by atoms with van der Waals surface area (Å²) in [5.41, 5.74) is 1.84. The van der Waals surface area contributed by atoms with Gasteiger partial charge >= 0.3 is 0 Å². The summed E-state index contributed by atoms with van der Waals surface area (Å²) in [4.78, 5) is 14.5. The number of nitrogens with one attached hydrogen (secondary N) is 1. The predicted molar refractivity (Wildman–Crippen MR) is 101 cm³/mol. The van der Waals surface area contributed by atoms with Gasteiger partial charge in [-0.15, -0.1) is 0 Å². The van der Waals surface area contributed by atoms with Crippen LogP contribution in [0.1, 0.15) is 12.5 Å². The van der Waals surface area contributed by atoms with Gasteiger partial charge in [-0.3, -0.25) is 4.79 Å². The molecule has 9 heteroatoms. The summed E-state index contributed by atoms with van der Waals surface area (Å²) < 4.78 is 5.00. The van der Waals surface area contributed by atoms with Gasteiger partial charge in [-0.1, -0.05) is 12.1 Å². The van der Waals surface area contributed by atoms with Gasteiger partial charge in [0.25, 0.3) is 5.91 Å². The number of aliphatic hydroxyl groups excluding tert-OH is 4. The molecule has 5 atom stereocenters. The summed E-state index contributed by atoms with van der Waals surface area (Å²) in [6.07, 6.45) is -5.92. The lowest BCUT2D eigenvalue weighted by Gasteiger charge is -2.40. The number of amides is 1. The van der Waals surface area contributed by atoms with Crippen molar-refractivity contribution >= 4 is 17.2 Å². The van der Waals surface area contributed by atoms with Crippen LogP contribution in [-0.2, 0) is 9.53 Å². The van der Waals surface area contributed by atoms with Crippen LogP contribution in [0.2, 0.25) is 0 Å². The van der Waals surface area contributed by atoms with Crippen LogP contribution >= 0.6 is 0 Å². The first-order valence-electron chi connectivity index (χ1n) is 8.71. The van der Waals surface area contributed by atoms with Crippen LogP contribution in [0.5, 0.6) is 0 Å². The molecule has 0 bridgehead atoms. The number of carbonyl (C=O) groups is 1. The monoisotopic (exact) mass is 391 g/mol. The molecule has 0 saturated carbocycles. The number of anilines is 1. The lowest BCUT2D eigenvalue weighted by Crippen LogP contribution is -2.64. The first kappa shape index (κ1) is 21.8. The zero-order valence-corrected chi connectivity index (χ0v) is 15.9. The maximum atomic E-state index is 12.6. The lowest BCUT2D eigenvalue weighted by molar-refractivity contribution is -0.253. The van der Waals surface area contributed by atoms with E-state index in [0.29, 0.717) is 11.1 Å². The highest BCUT2D eigenvalue weighted by molar-refractivity contribution is 6.04. The summed E-state index contributed by atoms with van der Waals surface area (Å²) in [6.45, 7) is 1.00. The first-order chi connectivity index (χ1) is 13.2. The van der Waals surface area contributed by atoms with Crippen molar-refractivity contribution in [1.82, 2.24) is 5.32 Å². The molecule has 0 aliphatic carbocycles. The van der Waals surface area contributed by atoms with E-state index in [1.807, 2.05) is 37.2 Å². The SMILES string of the molecule is CC(=C(C#N)C(=O)NC1C(O)OC(CO)C(O)C1O)c1ccc(N(C)C)cc1. The van der Waals surface area contributed by atoms with Gasteiger partial charge in [0.2, 0.25) is 0 Å². The van der Waals surface area contributed by atoms with Crippen LogP contribution in [0.25, 0.3) is 5.57 Å². The van der Waals surface area contributed by atoms with Crippen molar-refractivity contribution in [3.05, 3.63) is 35.4 Å². The van der Waals surface area contributed by atoms with E-state index in [0.717, 1.165) is 5.69 Å². The van der Waals surface area contributed by atoms with Crippen LogP contribution in [-0.4, -0.2) is 77.7 Å². The van der Waals surface area contributed by atoms with E-state index in [1.54, 1.807) is 19.1 Å². The smallest absolute Gasteiger partial charge is 0.262 e. The number of hydrogen-bond donors (Lipinski definition) is 5. The minimum atomic E-state index is -1.65. The fourth-order valence-electron chi connectivity index (χ4n) is 2.94. The topological polar surface area (TPSA) is 146 Å². The molecule has 1 saturated heterocycles. The van der Waals surface area contributed by atoms with Gasteiger partial charge in [-0.2, -0.15) is 5.26 Å². The molecule has 0 radical (unpaired) electrons. The second-order valence-electron chi connectivity index (χ2n) is 6.78. The van der Waals surface area contributed by atoms with Gasteiger partial charge in [0.15, 0.2) is 6.29 Å². The minimum Gasteiger partial charge on any atom is -0.394 e. The molecule has 1 aliphatic heterocycles. The highest BCUT2D eigenvalue weighted by atomic mass is 16.6. The van der Waals surface area contributed by atoms with Crippen molar-refractivity contribution in [3.63, 3.8) is 0 Å². The van der Waals surface area contributed by atoms with Crippen LogP contribution in [0.4, 0.5) is 5.69 Å². The molecule has 1 heterocycles. The molecule has 28 heavy (non-hydrogen) atoms. The average molecular weight is 391 g/mol. The highest BCUT2D eigenvalue weighted by Gasteiger charge is 2.44. The van der Waals surface area contributed by atoms with Gasteiger partial charge in [0.1, 0.15) is 36.0 Å². The molecule has 1 amide bonds. The van der Waals surface area contributed by atoms with E-state index >= 15 is 0 Å². The third-order valence-corrected chi connectivity index (χ3v) is 4.73. The van der Waals surface area contributed by atoms with Crippen molar-refractivity contribution in [2.75, 3.05) is 25.6 Å². The maximum absolute atomic E-state index is 12.6. The van der Waals surface area contributed by atoms with Crippen LogP contribution in [0.3, 0.4) is 0 Å². The van der Waals surface area contributed by atoms with E-state index in [1.165, 1.54) is 0 Å². The Bertz CT molecular complexity index is 771. The molecular weight excluding hydrogens is 366 g/mol. The number of nitrogens with zero attached hydrogens (tertiary/aromatic N) is 2. The molecule has 1 fully saturated rings. The third-order valence-electron chi connectivity index (χ3n) is 4.73. The average Bonchev–Trinajstić information content (AvgIpc) is 2.68. The van der Waals surface area contributed by atoms with Gasteiger partial charge in [0.05, 0.1) is 6.61 Å². The van der Waals surface area contributed by atoms with Gasteiger partial charge in [-0.25, -0.2) is 0 Å². The Morgan fingerprint density at radius 2 is 1.82 bits per heavy atom. The molecule has 0 aromatic heterocycles. The highest BCUT2D eigenvalue weighted by Crippen LogP contribution is 2.23. The Morgan fingerprint density at radius 1 is 1.21 bits per heavy atom. The summed E-state index contributed by atoms with van der Waals surface area (Å²) in [5, 5.41) is 50.9. The Balaban J connectivity index is 2.23. The largest absolute Gasteiger partial charge is 0.394 e. The molecule has 9 nitrogen and oxygen atoms in total. The normalized spacial score (nSPS) is 28.1. The van der Waals surface area contributed by atoms with Crippen molar-refractivity contribution in [3.8, 4) is 6.07 Å². The predicted octanol–water partition coefficient (Wildman–Crippen LogP) is -1.03. The fourth-order valence-corrected chi connectivity index (χ4v) is 2.94. The summed E-state index contributed by atoms with van der Waals surface area (Å²) in [7, 11) is 3.79. The Labute approximate surface area is 163 Å². The first-order valence-corrected chi connectivity index (χ1v) is 8.71. The molecule has 1 aliphatic rings. The summed E-state index contributed by atoms with van der Waals surface area (Å²) >= 11 is 0. The van der Waals surface area contributed by atoms with Crippen molar-refractivity contribution in [2.45, 2.75) is 37.6 Å². The molecule has 1 aromatic carbocycles. The zero-order chi connectivity index (χ0) is 21.0. The van der Waals surface area contributed by atoms with E-state index in [-0.39, 0.29) is 5.57 Å². The Hall–Kier alpha value is -2.48. The summed E-state index contributed by atoms with van der Waals surface area (Å²) in [5.74, 6) is -0.821. The van der Waals surface area contributed by atoms with Crippen molar-refractivity contribution in [2.24, 2.45) is 0 Å². The standard InChI is InChI=1S/C19H25N3O6/c1-10(11-4-6-12(7-5-11)22(2)3)13(8-20)18(26)21-15-17(25)16(24)14(9-23)28-19(15)27/h4-7,14-17,19,23-25,27H,9H2,1-3H3,(H,21,26). The summed E-state index contributed by atoms with van der Waals surface area (Å²) in [6, 6.07) is 7.72. The van der Waals surface area contributed by atoms with Crippen LogP contribution in [0.15, 0.2) is 29.8 Å². The number of aliphatic hydroxyl groups is 4. The van der Waals surface area contributed by atoms with Gasteiger partial charge in [-0.05, 0) is 30.2 Å². The Morgan fingerprint density at radius 3 is 2.32 bits per heavy atom. The number of ether oxygens (including phenoxy) is 1. The molecule has 152 valence electrons. The lowest BCUT2D eigenvalue weighted by atomic mass is 9.96. The molecule has 5 unspecified atom stereocenters. The molecular formula is C19H25N3O6. The van der Waals surface area contributed by atoms with Gasteiger partial charge in [0, 0.05) is 19.8 Å². The van der Waals surface area contributed by atoms with Crippen LogP contribution in [0, 0.1) is 11.3 Å². The van der Waals surface area contributed by atoms with Crippen molar-refractivity contribution < 1.29 is 30.0 Å². The molecule has 0 spiro atoms. The van der Waals surface area contributed by atoms with Crippen molar-refractivity contribution in [1.29, 1.82) is 5.26 Å². The number of hydrogen-bond acceptors (Lipinski definition) is 8. The van der Waals surface area contributed by atoms with E-state index < -0.39 is 43.2 Å². The number of allylic oxidation sites excluding steroid dienone is 1. The number of carbonyl (C=O) groups excluding carboxylic acids is 1.